The average Bonchev–Trinajstić information content (AvgIpc) is 3.40. The highest BCUT2D eigenvalue weighted by molar-refractivity contribution is 5.95. The van der Waals surface area contributed by atoms with Crippen molar-refractivity contribution in [2.75, 3.05) is 40.3 Å². The van der Waals surface area contributed by atoms with E-state index in [9.17, 15) is 4.79 Å². The summed E-state index contributed by atoms with van der Waals surface area (Å²) in [5.41, 5.74) is 1.84. The molecule has 3 fully saturated rings. The number of likely N-dealkylation sites (N-methyl/N-ethyl adjacent to an activating group) is 1. The van der Waals surface area contributed by atoms with E-state index in [-0.39, 0.29) is 17.2 Å². The third kappa shape index (κ3) is 3.39. The fraction of sp³-hybridized carbons (Fsp3) is 0.609. The molecule has 7 nitrogen and oxygen atoms in total. The lowest BCUT2D eigenvalue weighted by Gasteiger charge is -2.42. The second-order valence-electron chi connectivity index (χ2n) is 9.35. The Hall–Kier alpha value is -2.41. The van der Waals surface area contributed by atoms with Gasteiger partial charge in [-0.3, -0.25) is 4.79 Å². The molecular formula is C23H30N4O3. The van der Waals surface area contributed by atoms with Crippen LogP contribution < -0.4 is 4.74 Å². The largest absolute Gasteiger partial charge is 0.497 e. The highest BCUT2D eigenvalue weighted by atomic mass is 16.5. The van der Waals surface area contributed by atoms with Crippen LogP contribution in [0.5, 0.6) is 5.75 Å². The van der Waals surface area contributed by atoms with E-state index in [1.165, 1.54) is 12.8 Å². The number of likely N-dealkylation sites (tertiary alicyclic amines) is 2. The lowest BCUT2D eigenvalue weighted by atomic mass is 9.70. The van der Waals surface area contributed by atoms with E-state index in [0.717, 1.165) is 67.6 Å². The molecule has 30 heavy (non-hydrogen) atoms. The monoisotopic (exact) mass is 410 g/mol. The number of nitrogens with zero attached hydrogens (tertiary/aromatic N) is 4. The summed E-state index contributed by atoms with van der Waals surface area (Å²) in [6.45, 7) is 5.48. The van der Waals surface area contributed by atoms with Gasteiger partial charge in [-0.2, -0.15) is 4.98 Å². The predicted octanol–water partition coefficient (Wildman–Crippen LogP) is 3.22. The van der Waals surface area contributed by atoms with Gasteiger partial charge in [0.25, 0.3) is 5.91 Å². The molecule has 160 valence electrons. The van der Waals surface area contributed by atoms with Crippen molar-refractivity contribution in [3.05, 3.63) is 41.0 Å². The number of aryl methyl sites for hydroxylation is 1. The number of hydrogen-bond donors (Lipinski definition) is 0. The Balaban J connectivity index is 1.31. The summed E-state index contributed by atoms with van der Waals surface area (Å²) in [6, 6.07) is 5.67. The topological polar surface area (TPSA) is 71.7 Å². The zero-order valence-electron chi connectivity index (χ0n) is 18.1. The maximum atomic E-state index is 13.2. The molecule has 2 aromatic rings. The molecular weight excluding hydrogens is 380 g/mol. The number of carbonyl (C=O) groups excluding carboxylic acids is 1. The first-order valence-electron chi connectivity index (χ1n) is 10.9. The number of rotatable bonds is 4. The Bertz CT molecular complexity index is 944. The molecule has 7 heteroatoms. The number of hydrogen-bond acceptors (Lipinski definition) is 6. The molecule has 3 heterocycles. The summed E-state index contributed by atoms with van der Waals surface area (Å²) in [7, 11) is 3.81. The fourth-order valence-corrected chi connectivity index (χ4v) is 5.29. The Morgan fingerprint density at radius 1 is 1.27 bits per heavy atom. The Morgan fingerprint density at radius 3 is 2.70 bits per heavy atom. The van der Waals surface area contributed by atoms with E-state index in [0.29, 0.717) is 5.92 Å². The van der Waals surface area contributed by atoms with Crippen molar-refractivity contribution in [1.82, 2.24) is 19.9 Å². The average molecular weight is 411 g/mol. The van der Waals surface area contributed by atoms with Crippen molar-refractivity contribution in [3.63, 3.8) is 0 Å². The highest BCUT2D eigenvalue weighted by Crippen LogP contribution is 2.49. The second-order valence-corrected chi connectivity index (χ2v) is 9.35. The number of benzene rings is 1. The Kier molecular flexibility index (Phi) is 4.81. The number of methoxy groups -OCH3 is 1. The maximum absolute atomic E-state index is 13.2. The standard InChI is InChI=1S/C23H30N4O3/c1-15-12-17(29-3)6-7-18(15)22(28)27-10-8-23(9-11-27)14-26(2)13-19(23)20-24-21(30-25-20)16-4-5-16/h6-7,12,16,19H,4-5,8-11,13-14H2,1-3H3. The normalized spacial score (nSPS) is 23.8. The molecule has 2 saturated heterocycles. The van der Waals surface area contributed by atoms with Crippen LogP contribution in [0.15, 0.2) is 22.7 Å². The summed E-state index contributed by atoms with van der Waals surface area (Å²) in [4.78, 5) is 22.3. The summed E-state index contributed by atoms with van der Waals surface area (Å²) in [5, 5.41) is 4.37. The zero-order valence-corrected chi connectivity index (χ0v) is 18.1. The summed E-state index contributed by atoms with van der Waals surface area (Å²) in [6.07, 6.45) is 4.27. The van der Waals surface area contributed by atoms with E-state index in [2.05, 4.69) is 17.1 Å². The van der Waals surface area contributed by atoms with E-state index < -0.39 is 0 Å². The van der Waals surface area contributed by atoms with Gasteiger partial charge < -0.3 is 19.1 Å². The Labute approximate surface area is 177 Å². The van der Waals surface area contributed by atoms with E-state index in [1.54, 1.807) is 7.11 Å². The molecule has 5 rings (SSSR count). The van der Waals surface area contributed by atoms with Gasteiger partial charge in [0, 0.05) is 43.6 Å². The first-order valence-corrected chi connectivity index (χ1v) is 10.9. The van der Waals surface area contributed by atoms with Gasteiger partial charge in [0.1, 0.15) is 5.75 Å². The first-order chi connectivity index (χ1) is 14.5. The quantitative estimate of drug-likeness (QED) is 0.771. The van der Waals surface area contributed by atoms with Crippen molar-refractivity contribution in [3.8, 4) is 5.75 Å². The molecule has 1 amide bonds. The minimum Gasteiger partial charge on any atom is -0.497 e. The second kappa shape index (κ2) is 7.38. The van der Waals surface area contributed by atoms with Gasteiger partial charge in [-0.15, -0.1) is 0 Å². The van der Waals surface area contributed by atoms with Gasteiger partial charge in [-0.1, -0.05) is 5.16 Å². The van der Waals surface area contributed by atoms with E-state index in [4.69, 9.17) is 14.2 Å². The molecule has 1 spiro atoms. The van der Waals surface area contributed by atoms with Crippen LogP contribution in [0.2, 0.25) is 0 Å². The third-order valence-corrected chi connectivity index (χ3v) is 7.22. The minimum atomic E-state index is 0.114. The highest BCUT2D eigenvalue weighted by Gasteiger charge is 2.50. The fourth-order valence-electron chi connectivity index (χ4n) is 5.29. The molecule has 1 aromatic heterocycles. The lowest BCUT2D eigenvalue weighted by molar-refractivity contribution is 0.0560. The molecule has 1 saturated carbocycles. The van der Waals surface area contributed by atoms with Gasteiger partial charge in [-0.05, 0) is 68.8 Å². The predicted molar refractivity (Wildman–Crippen MR) is 112 cm³/mol. The van der Waals surface area contributed by atoms with Crippen LogP contribution in [0, 0.1) is 12.3 Å². The van der Waals surface area contributed by atoms with Crippen LogP contribution in [-0.2, 0) is 0 Å². The third-order valence-electron chi connectivity index (χ3n) is 7.22. The molecule has 0 radical (unpaired) electrons. The molecule has 1 atom stereocenters. The molecule has 1 aromatic carbocycles. The number of ether oxygens (including phenoxy) is 1. The van der Waals surface area contributed by atoms with Gasteiger partial charge >= 0.3 is 0 Å². The number of carbonyl (C=O) groups is 1. The van der Waals surface area contributed by atoms with Crippen LogP contribution in [0.3, 0.4) is 0 Å². The van der Waals surface area contributed by atoms with Gasteiger partial charge in [0.2, 0.25) is 5.89 Å². The molecule has 0 N–H and O–H groups in total. The van der Waals surface area contributed by atoms with Crippen LogP contribution in [0.25, 0.3) is 0 Å². The molecule has 1 unspecified atom stereocenters. The molecule has 0 bridgehead atoms. The summed E-state index contributed by atoms with van der Waals surface area (Å²) >= 11 is 0. The van der Waals surface area contributed by atoms with Crippen molar-refractivity contribution in [2.24, 2.45) is 5.41 Å². The van der Waals surface area contributed by atoms with Crippen LogP contribution >= 0.6 is 0 Å². The molecule has 3 aliphatic rings. The van der Waals surface area contributed by atoms with Crippen molar-refractivity contribution in [1.29, 1.82) is 0 Å². The van der Waals surface area contributed by atoms with E-state index in [1.807, 2.05) is 30.0 Å². The zero-order chi connectivity index (χ0) is 20.9. The Morgan fingerprint density at radius 2 is 2.03 bits per heavy atom. The van der Waals surface area contributed by atoms with Crippen LogP contribution in [0.1, 0.15) is 65.2 Å². The number of aromatic nitrogens is 2. The van der Waals surface area contributed by atoms with Crippen molar-refractivity contribution < 1.29 is 14.1 Å². The van der Waals surface area contributed by atoms with Crippen molar-refractivity contribution >= 4 is 5.91 Å². The first kappa shape index (κ1) is 19.5. The van der Waals surface area contributed by atoms with Gasteiger partial charge in [0.05, 0.1) is 7.11 Å². The minimum absolute atomic E-state index is 0.114. The van der Waals surface area contributed by atoms with Crippen LogP contribution in [0.4, 0.5) is 0 Å². The summed E-state index contributed by atoms with van der Waals surface area (Å²) in [5.74, 6) is 3.34. The van der Waals surface area contributed by atoms with Gasteiger partial charge in [0.15, 0.2) is 5.82 Å². The number of amides is 1. The van der Waals surface area contributed by atoms with E-state index >= 15 is 0 Å². The maximum Gasteiger partial charge on any atom is 0.254 e. The van der Waals surface area contributed by atoms with Crippen LogP contribution in [-0.4, -0.2) is 66.2 Å². The van der Waals surface area contributed by atoms with Gasteiger partial charge in [-0.25, -0.2) is 0 Å². The van der Waals surface area contributed by atoms with Crippen molar-refractivity contribution in [2.45, 2.75) is 44.4 Å². The summed E-state index contributed by atoms with van der Waals surface area (Å²) < 4.78 is 10.8. The number of piperidine rings is 1. The smallest absolute Gasteiger partial charge is 0.254 e. The molecule has 2 aliphatic heterocycles. The lowest BCUT2D eigenvalue weighted by Crippen LogP contribution is -2.46. The molecule has 1 aliphatic carbocycles. The SMILES string of the molecule is COc1ccc(C(=O)N2CCC3(CC2)CN(C)CC3c2noc(C3CC3)n2)c(C)c1.